The van der Waals surface area contributed by atoms with Crippen molar-refractivity contribution in [1.82, 2.24) is 15.0 Å². The highest BCUT2D eigenvalue weighted by Gasteiger charge is 2.16. The van der Waals surface area contributed by atoms with Crippen molar-refractivity contribution >= 4 is 5.69 Å². The molecule has 1 aromatic carbocycles. The van der Waals surface area contributed by atoms with Crippen LogP contribution < -0.4 is 10.7 Å². The molecular formula is C31H52N4O2. The summed E-state index contributed by atoms with van der Waals surface area (Å²) in [7, 11) is 0. The summed E-state index contributed by atoms with van der Waals surface area (Å²) in [5.41, 5.74) is 2.40. The smallest absolute Gasteiger partial charge is 0.369 e. The summed E-state index contributed by atoms with van der Waals surface area (Å²) in [6.07, 6.45) is 23.4. The predicted octanol–water partition coefficient (Wildman–Crippen LogP) is 7.34. The topological polar surface area (TPSA) is 65.4 Å². The molecule has 0 atom stereocenters. The van der Waals surface area contributed by atoms with E-state index in [1.165, 1.54) is 115 Å². The van der Waals surface area contributed by atoms with Crippen LogP contribution >= 0.6 is 0 Å². The maximum atomic E-state index is 11.1. The molecule has 1 aromatic heterocycles. The molecule has 2 aromatic rings. The molecule has 6 nitrogen and oxygen atoms in total. The number of H-pyrrole nitrogens is 1. The fourth-order valence-electron chi connectivity index (χ4n) is 5.47. The molecule has 1 fully saturated rings. The molecule has 0 radical (unpaired) electrons. The van der Waals surface area contributed by atoms with E-state index < -0.39 is 5.76 Å². The average molecular weight is 513 g/mol. The Balaban J connectivity index is 1.12. The van der Waals surface area contributed by atoms with E-state index in [1.54, 1.807) is 0 Å². The number of hydrogen-bond donors (Lipinski definition) is 1. The lowest BCUT2D eigenvalue weighted by Crippen LogP contribution is -2.46. The quantitative estimate of drug-likeness (QED) is 0.188. The van der Waals surface area contributed by atoms with Gasteiger partial charge < -0.3 is 4.90 Å². The van der Waals surface area contributed by atoms with E-state index in [0.29, 0.717) is 12.2 Å². The molecule has 0 bridgehead atoms. The van der Waals surface area contributed by atoms with Crippen LogP contribution in [-0.2, 0) is 6.42 Å². The number of unbranched alkanes of at least 4 members (excludes halogenated alkanes) is 15. The predicted molar refractivity (Wildman–Crippen MR) is 155 cm³/mol. The number of aromatic amines is 1. The molecule has 3 rings (SSSR count). The Kier molecular flexibility index (Phi) is 14.5. The van der Waals surface area contributed by atoms with E-state index >= 15 is 0 Å². The Hall–Kier alpha value is -2.08. The highest BCUT2D eigenvalue weighted by molar-refractivity contribution is 5.48. The number of nitrogens with zero attached hydrogens (tertiary/aromatic N) is 3. The average Bonchev–Trinajstić information content (AvgIpc) is 3.33. The van der Waals surface area contributed by atoms with Gasteiger partial charge in [0.1, 0.15) is 0 Å². The minimum atomic E-state index is -0.496. The van der Waals surface area contributed by atoms with E-state index in [-0.39, 0.29) is 0 Å². The summed E-state index contributed by atoms with van der Waals surface area (Å²) in [4.78, 5) is 18.8. The van der Waals surface area contributed by atoms with Crippen LogP contribution in [0.15, 0.2) is 33.6 Å². The molecule has 0 amide bonds. The summed E-state index contributed by atoms with van der Waals surface area (Å²) in [5.74, 6) is 0.0736. The molecule has 208 valence electrons. The van der Waals surface area contributed by atoms with Gasteiger partial charge in [-0.1, -0.05) is 121 Å². The van der Waals surface area contributed by atoms with Crippen LogP contribution in [0.3, 0.4) is 0 Å². The number of aromatic nitrogens is 2. The molecule has 0 spiro atoms. The summed E-state index contributed by atoms with van der Waals surface area (Å²) >= 11 is 0. The van der Waals surface area contributed by atoms with E-state index in [0.717, 1.165) is 31.7 Å². The lowest BCUT2D eigenvalue weighted by molar-refractivity contribution is 0.252. The van der Waals surface area contributed by atoms with Gasteiger partial charge in [-0.15, -0.1) is 0 Å². The second-order valence-corrected chi connectivity index (χ2v) is 11.0. The number of benzene rings is 1. The number of hydrogen-bond acceptors (Lipinski definition) is 5. The van der Waals surface area contributed by atoms with Crippen molar-refractivity contribution in [3.63, 3.8) is 0 Å². The molecule has 0 saturated carbocycles. The van der Waals surface area contributed by atoms with Gasteiger partial charge in [0.25, 0.3) is 0 Å². The van der Waals surface area contributed by atoms with Gasteiger partial charge in [-0.05, 0) is 30.7 Å². The normalized spacial score (nSPS) is 14.5. The summed E-state index contributed by atoms with van der Waals surface area (Å²) in [5, 5.41) is 3.74. The van der Waals surface area contributed by atoms with Crippen molar-refractivity contribution in [3.05, 3.63) is 46.2 Å². The molecule has 1 saturated heterocycles. The van der Waals surface area contributed by atoms with Crippen LogP contribution in [0.25, 0.3) is 0 Å². The summed E-state index contributed by atoms with van der Waals surface area (Å²) < 4.78 is 4.58. The molecule has 0 unspecified atom stereocenters. The standard InChI is InChI=1S/C31H52N4O2/c1-2-3-4-5-6-7-8-9-10-11-12-13-14-15-16-17-22-34-23-25-35(26-24-34)29-20-18-28(19-21-29)27-30-32-31(36)37-33-30/h18-21H,2-17,22-27H2,1H3,(H,32,33,36). The monoisotopic (exact) mass is 512 g/mol. The Morgan fingerprint density at radius 3 is 1.73 bits per heavy atom. The first-order valence-corrected chi connectivity index (χ1v) is 15.4. The maximum Gasteiger partial charge on any atom is 0.438 e. The van der Waals surface area contributed by atoms with Crippen molar-refractivity contribution < 1.29 is 4.52 Å². The number of nitrogens with one attached hydrogen (secondary N) is 1. The maximum absolute atomic E-state index is 11.1. The van der Waals surface area contributed by atoms with Crippen LogP contribution in [0, 0.1) is 0 Å². The molecule has 6 heteroatoms. The van der Waals surface area contributed by atoms with Crippen molar-refractivity contribution in [2.24, 2.45) is 0 Å². The summed E-state index contributed by atoms with van der Waals surface area (Å²) in [6, 6.07) is 8.59. The van der Waals surface area contributed by atoms with E-state index in [1.807, 2.05) is 0 Å². The van der Waals surface area contributed by atoms with Gasteiger partial charge in [0.05, 0.1) is 0 Å². The lowest BCUT2D eigenvalue weighted by Gasteiger charge is -2.36. The molecule has 1 aliphatic rings. The van der Waals surface area contributed by atoms with Crippen LogP contribution in [0.2, 0.25) is 0 Å². The molecule has 1 N–H and O–H groups in total. The minimum absolute atomic E-state index is 0.496. The second kappa shape index (κ2) is 18.2. The number of anilines is 1. The first kappa shape index (κ1) is 29.5. The zero-order chi connectivity index (χ0) is 26.0. The van der Waals surface area contributed by atoms with Gasteiger partial charge in [-0.2, -0.15) is 0 Å². The van der Waals surface area contributed by atoms with E-state index in [2.05, 4.69) is 55.7 Å². The Labute approximate surface area is 225 Å². The van der Waals surface area contributed by atoms with Crippen LogP contribution in [0.1, 0.15) is 121 Å². The van der Waals surface area contributed by atoms with E-state index in [4.69, 9.17) is 0 Å². The molecule has 37 heavy (non-hydrogen) atoms. The SMILES string of the molecule is CCCCCCCCCCCCCCCCCCN1CCN(c2ccc(Cc3noc(=O)[nH]3)cc2)CC1. The lowest BCUT2D eigenvalue weighted by atomic mass is 10.0. The number of piperazine rings is 1. The van der Waals surface area contributed by atoms with Gasteiger partial charge in [-0.3, -0.25) is 14.4 Å². The van der Waals surface area contributed by atoms with Gasteiger partial charge in [0.15, 0.2) is 5.82 Å². The van der Waals surface area contributed by atoms with Crippen LogP contribution in [0.5, 0.6) is 0 Å². The van der Waals surface area contributed by atoms with Crippen LogP contribution in [0.4, 0.5) is 5.69 Å². The Morgan fingerprint density at radius 2 is 1.24 bits per heavy atom. The Morgan fingerprint density at radius 1 is 0.730 bits per heavy atom. The number of rotatable bonds is 20. The third-order valence-electron chi connectivity index (χ3n) is 7.86. The van der Waals surface area contributed by atoms with Crippen molar-refractivity contribution in [2.45, 2.75) is 116 Å². The molecule has 2 heterocycles. The van der Waals surface area contributed by atoms with Crippen molar-refractivity contribution in [3.8, 4) is 0 Å². The largest absolute Gasteiger partial charge is 0.438 e. The fourth-order valence-corrected chi connectivity index (χ4v) is 5.47. The first-order valence-electron chi connectivity index (χ1n) is 15.4. The van der Waals surface area contributed by atoms with Crippen molar-refractivity contribution in [1.29, 1.82) is 0 Å². The molecule has 1 aliphatic heterocycles. The summed E-state index contributed by atoms with van der Waals surface area (Å²) in [6.45, 7) is 8.04. The molecular weight excluding hydrogens is 460 g/mol. The van der Waals surface area contributed by atoms with Crippen LogP contribution in [-0.4, -0.2) is 47.8 Å². The molecule has 0 aliphatic carbocycles. The van der Waals surface area contributed by atoms with Gasteiger partial charge in [-0.25, -0.2) is 4.79 Å². The highest BCUT2D eigenvalue weighted by atomic mass is 16.5. The van der Waals surface area contributed by atoms with Gasteiger partial charge in [0, 0.05) is 38.3 Å². The second-order valence-electron chi connectivity index (χ2n) is 11.0. The van der Waals surface area contributed by atoms with Gasteiger partial charge in [0.2, 0.25) is 0 Å². The van der Waals surface area contributed by atoms with Crippen molar-refractivity contribution in [2.75, 3.05) is 37.6 Å². The zero-order valence-electron chi connectivity index (χ0n) is 23.5. The highest BCUT2D eigenvalue weighted by Crippen LogP contribution is 2.19. The van der Waals surface area contributed by atoms with E-state index in [9.17, 15) is 4.79 Å². The Bertz CT molecular complexity index is 868. The first-order chi connectivity index (χ1) is 18.2. The fraction of sp³-hybridized carbons (Fsp3) is 0.742. The third kappa shape index (κ3) is 12.3. The van der Waals surface area contributed by atoms with Gasteiger partial charge >= 0.3 is 5.76 Å². The minimum Gasteiger partial charge on any atom is -0.369 e. The zero-order valence-corrected chi connectivity index (χ0v) is 23.5. The third-order valence-corrected chi connectivity index (χ3v) is 7.86.